The van der Waals surface area contributed by atoms with E-state index in [1.54, 1.807) is 12.1 Å². The lowest BCUT2D eigenvalue weighted by Gasteiger charge is -2.11. The second kappa shape index (κ2) is 6.75. The Labute approximate surface area is 99.8 Å². The molecule has 0 aliphatic rings. The highest BCUT2D eigenvalue weighted by atomic mass is 16.5. The van der Waals surface area contributed by atoms with Crippen molar-refractivity contribution in [3.05, 3.63) is 23.8 Å². The third-order valence-corrected chi connectivity index (χ3v) is 2.32. The zero-order valence-corrected chi connectivity index (χ0v) is 9.56. The molecular weight excluding hydrogens is 222 g/mol. The van der Waals surface area contributed by atoms with Crippen molar-refractivity contribution in [2.24, 2.45) is 0 Å². The summed E-state index contributed by atoms with van der Waals surface area (Å²) < 4.78 is 5.39. The lowest BCUT2D eigenvalue weighted by Crippen LogP contribution is -2.07. The van der Waals surface area contributed by atoms with Crippen LogP contribution in [0.25, 0.3) is 0 Å². The number of carboxylic acids is 1. The number of hydrogen-bond acceptors (Lipinski definition) is 4. The molecule has 17 heavy (non-hydrogen) atoms. The van der Waals surface area contributed by atoms with E-state index in [0.717, 1.165) is 19.3 Å². The minimum atomic E-state index is -1.05. The van der Waals surface area contributed by atoms with Crippen molar-refractivity contribution in [2.75, 3.05) is 18.9 Å². The van der Waals surface area contributed by atoms with E-state index in [4.69, 9.17) is 20.7 Å². The summed E-state index contributed by atoms with van der Waals surface area (Å²) in [6.07, 6.45) is 2.32. The van der Waals surface area contributed by atoms with Crippen molar-refractivity contribution in [3.8, 4) is 5.75 Å². The number of ether oxygens (including phenoxy) is 1. The van der Waals surface area contributed by atoms with Crippen molar-refractivity contribution >= 4 is 11.7 Å². The van der Waals surface area contributed by atoms with E-state index in [-0.39, 0.29) is 17.9 Å². The highest BCUT2D eigenvalue weighted by Gasteiger charge is 2.13. The number of anilines is 1. The van der Waals surface area contributed by atoms with Crippen LogP contribution in [0.5, 0.6) is 5.75 Å². The Bertz CT molecular complexity index is 379. The predicted octanol–water partition coefficient (Wildman–Crippen LogP) is 1.51. The van der Waals surface area contributed by atoms with Gasteiger partial charge in [0.1, 0.15) is 5.56 Å². The summed E-state index contributed by atoms with van der Waals surface area (Å²) in [5.41, 5.74) is 6.07. The normalized spacial score (nSPS) is 10.2. The first-order valence-corrected chi connectivity index (χ1v) is 5.52. The first kappa shape index (κ1) is 13.3. The van der Waals surface area contributed by atoms with Crippen LogP contribution in [0, 0.1) is 0 Å². The summed E-state index contributed by atoms with van der Waals surface area (Å²) in [7, 11) is 0. The van der Waals surface area contributed by atoms with Gasteiger partial charge in [-0.25, -0.2) is 4.79 Å². The van der Waals surface area contributed by atoms with Gasteiger partial charge in [0.05, 0.1) is 12.3 Å². The highest BCUT2D eigenvalue weighted by Crippen LogP contribution is 2.26. The molecule has 0 radical (unpaired) electrons. The predicted molar refractivity (Wildman–Crippen MR) is 64.2 cm³/mol. The minimum absolute atomic E-state index is 0.0761. The Hall–Kier alpha value is -1.75. The number of rotatable bonds is 7. The van der Waals surface area contributed by atoms with Crippen LogP contribution in [0.15, 0.2) is 18.2 Å². The lowest BCUT2D eigenvalue weighted by atomic mass is 10.1. The Morgan fingerprint density at radius 3 is 2.71 bits per heavy atom. The fourth-order valence-corrected chi connectivity index (χ4v) is 1.45. The van der Waals surface area contributed by atoms with E-state index in [0.29, 0.717) is 12.3 Å². The smallest absolute Gasteiger partial charge is 0.339 e. The molecule has 1 aromatic carbocycles. The summed E-state index contributed by atoms with van der Waals surface area (Å²) in [4.78, 5) is 10.9. The second-order valence-electron chi connectivity index (χ2n) is 3.66. The first-order valence-electron chi connectivity index (χ1n) is 5.52. The quantitative estimate of drug-likeness (QED) is 0.495. The molecule has 0 fully saturated rings. The van der Waals surface area contributed by atoms with Crippen molar-refractivity contribution in [1.82, 2.24) is 0 Å². The summed E-state index contributed by atoms with van der Waals surface area (Å²) in [5.74, 6) is -0.827. The molecule has 5 nitrogen and oxygen atoms in total. The third-order valence-electron chi connectivity index (χ3n) is 2.32. The SMILES string of the molecule is Nc1cccc(C(=O)O)c1OCCCCCO. The Kier molecular flexibility index (Phi) is 5.29. The van der Waals surface area contributed by atoms with Gasteiger partial charge in [-0.15, -0.1) is 0 Å². The van der Waals surface area contributed by atoms with Gasteiger partial charge < -0.3 is 20.7 Å². The number of para-hydroxylation sites is 1. The number of hydrogen-bond donors (Lipinski definition) is 3. The Morgan fingerprint density at radius 1 is 1.29 bits per heavy atom. The summed E-state index contributed by atoms with van der Waals surface area (Å²) >= 11 is 0. The monoisotopic (exact) mass is 239 g/mol. The van der Waals surface area contributed by atoms with Gasteiger partial charge >= 0.3 is 5.97 Å². The number of aliphatic hydroxyl groups excluding tert-OH is 1. The van der Waals surface area contributed by atoms with Crippen LogP contribution in [0.1, 0.15) is 29.6 Å². The second-order valence-corrected chi connectivity index (χ2v) is 3.66. The molecule has 5 heteroatoms. The van der Waals surface area contributed by atoms with E-state index in [1.165, 1.54) is 6.07 Å². The molecule has 0 saturated heterocycles. The molecule has 0 bridgehead atoms. The highest BCUT2D eigenvalue weighted by molar-refractivity contribution is 5.93. The maximum atomic E-state index is 10.9. The minimum Gasteiger partial charge on any atom is -0.491 e. The van der Waals surface area contributed by atoms with Crippen LogP contribution in [0.4, 0.5) is 5.69 Å². The van der Waals surface area contributed by atoms with Crippen LogP contribution in [0.2, 0.25) is 0 Å². The molecular formula is C12H17NO4. The van der Waals surface area contributed by atoms with Crippen LogP contribution < -0.4 is 10.5 Å². The molecule has 0 aromatic heterocycles. The van der Waals surface area contributed by atoms with Gasteiger partial charge in [-0.3, -0.25) is 0 Å². The van der Waals surface area contributed by atoms with Gasteiger partial charge in [0, 0.05) is 6.61 Å². The fraction of sp³-hybridized carbons (Fsp3) is 0.417. The summed E-state index contributed by atoms with van der Waals surface area (Å²) in [6.45, 7) is 0.558. The molecule has 94 valence electrons. The average Bonchev–Trinajstić information content (AvgIpc) is 2.30. The summed E-state index contributed by atoms with van der Waals surface area (Å²) in [5, 5.41) is 17.6. The molecule has 0 aliphatic heterocycles. The molecule has 0 amide bonds. The van der Waals surface area contributed by atoms with E-state index in [1.807, 2.05) is 0 Å². The van der Waals surface area contributed by atoms with E-state index < -0.39 is 5.97 Å². The number of nitrogen functional groups attached to an aromatic ring is 1. The fourth-order valence-electron chi connectivity index (χ4n) is 1.45. The lowest BCUT2D eigenvalue weighted by molar-refractivity contribution is 0.0692. The molecule has 0 aliphatic carbocycles. The van der Waals surface area contributed by atoms with E-state index >= 15 is 0 Å². The number of benzene rings is 1. The average molecular weight is 239 g/mol. The van der Waals surface area contributed by atoms with Gasteiger partial charge in [-0.1, -0.05) is 6.07 Å². The van der Waals surface area contributed by atoms with E-state index in [2.05, 4.69) is 0 Å². The number of unbranched alkanes of at least 4 members (excludes halogenated alkanes) is 2. The maximum absolute atomic E-state index is 10.9. The number of aromatic carboxylic acids is 1. The largest absolute Gasteiger partial charge is 0.491 e. The maximum Gasteiger partial charge on any atom is 0.339 e. The molecule has 0 saturated carbocycles. The topological polar surface area (TPSA) is 92.8 Å². The Morgan fingerprint density at radius 2 is 2.06 bits per heavy atom. The molecule has 0 unspecified atom stereocenters. The van der Waals surface area contributed by atoms with Crippen molar-refractivity contribution in [2.45, 2.75) is 19.3 Å². The van der Waals surface area contributed by atoms with Gasteiger partial charge in [0.2, 0.25) is 0 Å². The molecule has 0 atom stereocenters. The zero-order chi connectivity index (χ0) is 12.7. The van der Waals surface area contributed by atoms with Gasteiger partial charge in [-0.2, -0.15) is 0 Å². The van der Waals surface area contributed by atoms with Gasteiger partial charge in [0.15, 0.2) is 5.75 Å². The molecule has 0 heterocycles. The molecule has 0 spiro atoms. The van der Waals surface area contributed by atoms with E-state index in [9.17, 15) is 4.79 Å². The number of aliphatic hydroxyl groups is 1. The molecule has 1 aromatic rings. The van der Waals surface area contributed by atoms with Gasteiger partial charge in [0.25, 0.3) is 0 Å². The number of nitrogens with two attached hydrogens (primary N) is 1. The number of carbonyl (C=O) groups is 1. The van der Waals surface area contributed by atoms with Crippen LogP contribution in [-0.2, 0) is 0 Å². The standard InChI is InChI=1S/C12H17NO4/c13-10-6-4-5-9(12(15)16)11(10)17-8-3-1-2-7-14/h4-6,14H,1-3,7-8,13H2,(H,15,16). The van der Waals surface area contributed by atoms with Crippen molar-refractivity contribution in [1.29, 1.82) is 0 Å². The third kappa shape index (κ3) is 3.96. The van der Waals surface area contributed by atoms with Crippen molar-refractivity contribution < 1.29 is 19.7 Å². The first-order chi connectivity index (χ1) is 8.16. The van der Waals surface area contributed by atoms with Gasteiger partial charge in [-0.05, 0) is 31.4 Å². The van der Waals surface area contributed by atoms with Crippen LogP contribution in [-0.4, -0.2) is 29.4 Å². The Balaban J connectivity index is 2.60. The number of carboxylic acid groups (broad SMARTS) is 1. The molecule has 1 rings (SSSR count). The zero-order valence-electron chi connectivity index (χ0n) is 9.56. The molecule has 4 N–H and O–H groups in total. The van der Waals surface area contributed by atoms with Crippen LogP contribution >= 0.6 is 0 Å². The van der Waals surface area contributed by atoms with Crippen LogP contribution in [0.3, 0.4) is 0 Å². The summed E-state index contributed by atoms with van der Waals surface area (Å²) in [6, 6.07) is 4.65. The van der Waals surface area contributed by atoms with Crippen molar-refractivity contribution in [3.63, 3.8) is 0 Å².